The van der Waals surface area contributed by atoms with E-state index in [0.717, 1.165) is 12.8 Å². The monoisotopic (exact) mass is 186 g/mol. The molecule has 3 atom stereocenters. The van der Waals surface area contributed by atoms with Gasteiger partial charge in [0.25, 0.3) is 0 Å². The first-order valence-corrected chi connectivity index (χ1v) is 5.06. The molecule has 1 fully saturated rings. The van der Waals surface area contributed by atoms with E-state index < -0.39 is 0 Å². The molecule has 1 aliphatic heterocycles. The molecule has 1 rings (SSSR count). The van der Waals surface area contributed by atoms with Crippen molar-refractivity contribution in [2.45, 2.75) is 58.8 Å². The average molecular weight is 186 g/mol. The molecule has 3 nitrogen and oxygen atoms in total. The topological polar surface area (TPSA) is 47.3 Å². The number of hydrogen-bond acceptors (Lipinski definition) is 3. The first-order valence-electron chi connectivity index (χ1n) is 5.06. The molecule has 0 bridgehead atoms. The lowest BCUT2D eigenvalue weighted by molar-refractivity contribution is 0.00399. The van der Waals surface area contributed by atoms with Crippen molar-refractivity contribution in [2.24, 2.45) is 11.3 Å². The van der Waals surface area contributed by atoms with Crippen molar-refractivity contribution in [3.63, 3.8) is 0 Å². The molecule has 0 aromatic heterocycles. The van der Waals surface area contributed by atoms with Gasteiger partial charge in [0.05, 0.1) is 18.2 Å². The highest BCUT2D eigenvalue weighted by Crippen LogP contribution is 2.30. The molecule has 0 aliphatic carbocycles. The van der Waals surface area contributed by atoms with Crippen LogP contribution in [0.3, 0.4) is 0 Å². The van der Waals surface area contributed by atoms with Crippen LogP contribution in [0.15, 0.2) is 0 Å². The lowest BCUT2D eigenvalue weighted by Crippen LogP contribution is -2.51. The fourth-order valence-corrected chi connectivity index (χ4v) is 1.99. The maximum Gasteiger partial charge on any atom is 0.0751 e. The van der Waals surface area contributed by atoms with Gasteiger partial charge in [0.2, 0.25) is 0 Å². The van der Waals surface area contributed by atoms with E-state index in [-0.39, 0.29) is 17.6 Å². The van der Waals surface area contributed by atoms with E-state index in [1.165, 1.54) is 0 Å². The van der Waals surface area contributed by atoms with Gasteiger partial charge in [0.1, 0.15) is 0 Å². The fraction of sp³-hybridized carbons (Fsp3) is 1.00. The molecule has 1 heterocycles. The van der Waals surface area contributed by atoms with E-state index in [4.69, 9.17) is 10.6 Å². The summed E-state index contributed by atoms with van der Waals surface area (Å²) in [5, 5.41) is 0. The number of ether oxygens (including phenoxy) is 1. The second-order valence-corrected chi connectivity index (χ2v) is 5.07. The van der Waals surface area contributed by atoms with Crippen LogP contribution in [-0.4, -0.2) is 18.2 Å². The molecule has 0 radical (unpaired) electrons. The highest BCUT2D eigenvalue weighted by atomic mass is 16.5. The molecule has 0 spiro atoms. The van der Waals surface area contributed by atoms with Crippen LogP contribution in [0.4, 0.5) is 0 Å². The van der Waals surface area contributed by atoms with Crippen LogP contribution in [0, 0.1) is 5.41 Å². The van der Waals surface area contributed by atoms with Crippen LogP contribution in [0.25, 0.3) is 0 Å². The Labute approximate surface area is 81.0 Å². The van der Waals surface area contributed by atoms with Gasteiger partial charge in [-0.1, -0.05) is 20.8 Å². The molecule has 1 saturated heterocycles. The maximum absolute atomic E-state index is 5.80. The molecular weight excluding hydrogens is 164 g/mol. The summed E-state index contributed by atoms with van der Waals surface area (Å²) in [5.41, 5.74) is 3.04. The van der Waals surface area contributed by atoms with Crippen molar-refractivity contribution >= 4 is 0 Å². The third kappa shape index (κ3) is 2.66. The van der Waals surface area contributed by atoms with Crippen molar-refractivity contribution in [3.05, 3.63) is 0 Å². The lowest BCUT2D eigenvalue weighted by Gasteiger charge is -2.34. The van der Waals surface area contributed by atoms with E-state index in [1.54, 1.807) is 0 Å². The summed E-state index contributed by atoms with van der Waals surface area (Å²) >= 11 is 0. The van der Waals surface area contributed by atoms with Crippen molar-refractivity contribution in [1.29, 1.82) is 0 Å². The van der Waals surface area contributed by atoms with Crippen LogP contribution in [0.5, 0.6) is 0 Å². The van der Waals surface area contributed by atoms with Crippen LogP contribution in [0.1, 0.15) is 40.5 Å². The second kappa shape index (κ2) is 3.95. The molecule has 0 aromatic rings. The third-order valence-corrected chi connectivity index (χ3v) is 2.75. The van der Waals surface area contributed by atoms with Gasteiger partial charge in [-0.2, -0.15) is 0 Å². The van der Waals surface area contributed by atoms with Gasteiger partial charge in [0, 0.05) is 0 Å². The van der Waals surface area contributed by atoms with Crippen LogP contribution in [0.2, 0.25) is 0 Å². The Hall–Kier alpha value is -0.120. The zero-order valence-corrected chi connectivity index (χ0v) is 9.13. The summed E-state index contributed by atoms with van der Waals surface area (Å²) < 4.78 is 5.80. The van der Waals surface area contributed by atoms with E-state index >= 15 is 0 Å². The van der Waals surface area contributed by atoms with Gasteiger partial charge in [0.15, 0.2) is 0 Å². The Kier molecular flexibility index (Phi) is 3.33. The maximum atomic E-state index is 5.80. The zero-order chi connectivity index (χ0) is 10.1. The van der Waals surface area contributed by atoms with Crippen LogP contribution >= 0.6 is 0 Å². The molecule has 3 unspecified atom stereocenters. The average Bonchev–Trinajstić information content (AvgIpc) is 2.34. The Morgan fingerprint density at radius 1 is 1.38 bits per heavy atom. The summed E-state index contributed by atoms with van der Waals surface area (Å²) in [4.78, 5) is 0. The summed E-state index contributed by atoms with van der Waals surface area (Å²) in [6.45, 7) is 8.67. The number of nitrogens with two attached hydrogens (primary N) is 1. The SMILES string of the molecule is CC1CCC(C(NN)C(C)(C)C)O1. The molecule has 0 amide bonds. The third-order valence-electron chi connectivity index (χ3n) is 2.75. The van der Waals surface area contributed by atoms with E-state index in [1.807, 2.05) is 0 Å². The highest BCUT2D eigenvalue weighted by Gasteiger charge is 2.36. The van der Waals surface area contributed by atoms with E-state index in [2.05, 4.69) is 33.1 Å². The number of hydrogen-bond donors (Lipinski definition) is 2. The molecule has 3 N–H and O–H groups in total. The zero-order valence-electron chi connectivity index (χ0n) is 9.13. The van der Waals surface area contributed by atoms with Gasteiger partial charge < -0.3 is 4.74 Å². The molecule has 13 heavy (non-hydrogen) atoms. The Bertz CT molecular complexity index is 165. The number of hydrazine groups is 1. The van der Waals surface area contributed by atoms with Crippen molar-refractivity contribution in [3.8, 4) is 0 Å². The van der Waals surface area contributed by atoms with E-state index in [0.29, 0.717) is 6.10 Å². The smallest absolute Gasteiger partial charge is 0.0751 e. The minimum atomic E-state index is 0.156. The summed E-state index contributed by atoms with van der Waals surface area (Å²) in [6.07, 6.45) is 2.94. The normalized spacial score (nSPS) is 32.1. The fourth-order valence-electron chi connectivity index (χ4n) is 1.99. The molecular formula is C10H22N2O. The van der Waals surface area contributed by atoms with Gasteiger partial charge in [-0.15, -0.1) is 0 Å². The van der Waals surface area contributed by atoms with Gasteiger partial charge in [-0.05, 0) is 25.2 Å². The summed E-state index contributed by atoms with van der Waals surface area (Å²) in [7, 11) is 0. The van der Waals surface area contributed by atoms with Gasteiger partial charge in [-0.25, -0.2) is 0 Å². The van der Waals surface area contributed by atoms with Crippen molar-refractivity contribution in [1.82, 2.24) is 5.43 Å². The first kappa shape index (κ1) is 11.0. The van der Waals surface area contributed by atoms with E-state index in [9.17, 15) is 0 Å². The minimum absolute atomic E-state index is 0.156. The van der Waals surface area contributed by atoms with Gasteiger partial charge >= 0.3 is 0 Å². The first-order chi connectivity index (χ1) is 5.95. The van der Waals surface area contributed by atoms with Crippen molar-refractivity contribution < 1.29 is 4.74 Å². The highest BCUT2D eigenvalue weighted by molar-refractivity contribution is 4.89. The quantitative estimate of drug-likeness (QED) is 0.506. The van der Waals surface area contributed by atoms with Crippen LogP contribution < -0.4 is 11.3 Å². The molecule has 0 aromatic carbocycles. The predicted octanol–water partition coefficient (Wildman–Crippen LogP) is 1.43. The van der Waals surface area contributed by atoms with Crippen LogP contribution in [-0.2, 0) is 4.74 Å². The molecule has 3 heteroatoms. The molecule has 0 saturated carbocycles. The number of rotatable bonds is 2. The summed E-state index contributed by atoms with van der Waals surface area (Å²) in [5.74, 6) is 5.55. The Morgan fingerprint density at radius 2 is 2.00 bits per heavy atom. The van der Waals surface area contributed by atoms with Crippen molar-refractivity contribution in [2.75, 3.05) is 0 Å². The standard InChI is InChI=1S/C10H22N2O/c1-7-5-6-8(13-7)9(12-11)10(2,3)4/h7-9,12H,5-6,11H2,1-4H3. The summed E-state index contributed by atoms with van der Waals surface area (Å²) in [6, 6.07) is 0.248. The largest absolute Gasteiger partial charge is 0.374 e. The molecule has 1 aliphatic rings. The molecule has 78 valence electrons. The van der Waals surface area contributed by atoms with Gasteiger partial charge in [-0.3, -0.25) is 11.3 Å². The second-order valence-electron chi connectivity index (χ2n) is 5.07. The predicted molar refractivity (Wildman–Crippen MR) is 54.1 cm³/mol. The minimum Gasteiger partial charge on any atom is -0.374 e. The lowest BCUT2D eigenvalue weighted by atomic mass is 9.83. The Balaban J connectivity index is 2.57. The number of nitrogens with one attached hydrogen (secondary N) is 1. The Morgan fingerprint density at radius 3 is 2.31 bits per heavy atom.